The Kier molecular flexibility index (Phi) is 5.77. The van der Waals surface area contributed by atoms with Gasteiger partial charge in [0.1, 0.15) is 11.8 Å². The predicted molar refractivity (Wildman–Crippen MR) is 76.4 cm³/mol. The first-order chi connectivity index (χ1) is 10.0. The zero-order chi connectivity index (χ0) is 15.8. The third kappa shape index (κ3) is 4.24. The van der Waals surface area contributed by atoms with Crippen LogP contribution in [0.25, 0.3) is 0 Å². The van der Waals surface area contributed by atoms with E-state index in [1.165, 1.54) is 14.2 Å². The number of carbonyl (C=O) groups is 2. The molecule has 0 aliphatic heterocycles. The zero-order valence-corrected chi connectivity index (χ0v) is 11.9. The van der Waals surface area contributed by atoms with E-state index in [9.17, 15) is 9.59 Å². The monoisotopic (exact) mass is 289 g/mol. The second-order valence-corrected chi connectivity index (χ2v) is 3.82. The largest absolute Gasteiger partial charge is 0.466 e. The molecule has 0 aliphatic rings. The lowest BCUT2D eigenvalue weighted by Gasteiger charge is -2.11. The van der Waals surface area contributed by atoms with E-state index in [2.05, 4.69) is 20.1 Å². The number of benzene rings is 1. The minimum Gasteiger partial charge on any atom is -0.466 e. The number of rotatable bonds is 5. The number of nitriles is 1. The molecule has 0 bridgehead atoms. The van der Waals surface area contributed by atoms with Crippen LogP contribution in [0.4, 0.5) is 11.4 Å². The molecule has 110 valence electrons. The number of anilines is 2. The Morgan fingerprint density at radius 1 is 1.29 bits per heavy atom. The Morgan fingerprint density at radius 3 is 2.52 bits per heavy atom. The molecule has 0 aliphatic carbocycles. The highest BCUT2D eigenvalue weighted by Gasteiger charge is 2.13. The van der Waals surface area contributed by atoms with Gasteiger partial charge in [-0.3, -0.25) is 0 Å². The van der Waals surface area contributed by atoms with Gasteiger partial charge in [0.15, 0.2) is 0 Å². The van der Waals surface area contributed by atoms with Crippen molar-refractivity contribution in [2.75, 3.05) is 31.9 Å². The van der Waals surface area contributed by atoms with E-state index in [-0.39, 0.29) is 5.70 Å². The summed E-state index contributed by atoms with van der Waals surface area (Å²) in [6.07, 6.45) is 0.976. The van der Waals surface area contributed by atoms with Crippen molar-refractivity contribution in [3.05, 3.63) is 35.5 Å². The van der Waals surface area contributed by atoms with Crippen LogP contribution in [-0.2, 0) is 19.1 Å². The van der Waals surface area contributed by atoms with Gasteiger partial charge < -0.3 is 20.1 Å². The quantitative estimate of drug-likeness (QED) is 0.621. The fourth-order valence-corrected chi connectivity index (χ4v) is 1.52. The van der Waals surface area contributed by atoms with Gasteiger partial charge in [-0.1, -0.05) is 0 Å². The molecule has 0 unspecified atom stereocenters. The minimum absolute atomic E-state index is 0.0922. The first-order valence-corrected chi connectivity index (χ1v) is 5.92. The molecule has 7 heteroatoms. The van der Waals surface area contributed by atoms with Gasteiger partial charge in [0, 0.05) is 12.7 Å². The van der Waals surface area contributed by atoms with Crippen LogP contribution in [0, 0.1) is 11.3 Å². The van der Waals surface area contributed by atoms with Gasteiger partial charge in [-0.25, -0.2) is 9.59 Å². The maximum Gasteiger partial charge on any atom is 0.354 e. The van der Waals surface area contributed by atoms with Crippen molar-refractivity contribution in [2.45, 2.75) is 0 Å². The van der Waals surface area contributed by atoms with Crippen LogP contribution in [0.3, 0.4) is 0 Å². The lowest BCUT2D eigenvalue weighted by Crippen LogP contribution is -2.15. The van der Waals surface area contributed by atoms with Crippen LogP contribution in [0.2, 0.25) is 0 Å². The summed E-state index contributed by atoms with van der Waals surface area (Å²) in [5, 5.41) is 14.6. The van der Waals surface area contributed by atoms with Gasteiger partial charge in [0.2, 0.25) is 0 Å². The Balaban J connectivity index is 3.10. The number of nitrogens with zero attached hydrogens (tertiary/aromatic N) is 1. The van der Waals surface area contributed by atoms with Crippen molar-refractivity contribution < 1.29 is 19.1 Å². The molecule has 0 saturated carbocycles. The second kappa shape index (κ2) is 7.55. The molecule has 1 aromatic rings. The standard InChI is InChI=1S/C14H15N3O4/c1-16-11-5-4-10(6-9(11)8-15)17-12(14(19)21-3)7-13(18)20-2/h4-7,16-17H,1-3H3/b12-7+. The van der Waals surface area contributed by atoms with E-state index in [0.29, 0.717) is 16.9 Å². The second-order valence-electron chi connectivity index (χ2n) is 3.82. The highest BCUT2D eigenvalue weighted by atomic mass is 16.5. The molecule has 0 radical (unpaired) electrons. The number of ether oxygens (including phenoxy) is 2. The van der Waals surface area contributed by atoms with Gasteiger partial charge >= 0.3 is 11.9 Å². The molecule has 21 heavy (non-hydrogen) atoms. The Hall–Kier alpha value is -3.01. The van der Waals surface area contributed by atoms with E-state index in [1.807, 2.05) is 6.07 Å². The molecule has 0 fully saturated rings. The van der Waals surface area contributed by atoms with Gasteiger partial charge in [-0.05, 0) is 18.2 Å². The first kappa shape index (κ1) is 16.0. The molecule has 1 rings (SSSR count). The van der Waals surface area contributed by atoms with Crippen LogP contribution in [0.15, 0.2) is 30.0 Å². The number of methoxy groups -OCH3 is 2. The number of hydrogen-bond donors (Lipinski definition) is 2. The molecule has 7 nitrogen and oxygen atoms in total. The average Bonchev–Trinajstić information content (AvgIpc) is 2.52. The summed E-state index contributed by atoms with van der Waals surface area (Å²) >= 11 is 0. The molecule has 0 amide bonds. The van der Waals surface area contributed by atoms with Crippen LogP contribution in [0.5, 0.6) is 0 Å². The number of nitrogens with one attached hydrogen (secondary N) is 2. The molecule has 2 N–H and O–H groups in total. The van der Waals surface area contributed by atoms with Crippen molar-refractivity contribution in [3.63, 3.8) is 0 Å². The minimum atomic E-state index is -0.725. The van der Waals surface area contributed by atoms with Crippen LogP contribution in [0.1, 0.15) is 5.56 Å². The van der Waals surface area contributed by atoms with Crippen LogP contribution in [-0.4, -0.2) is 33.2 Å². The summed E-state index contributed by atoms with van der Waals surface area (Å²) in [5.74, 6) is -1.42. The first-order valence-electron chi connectivity index (χ1n) is 5.92. The Bertz CT molecular complexity index is 617. The molecule has 0 spiro atoms. The summed E-state index contributed by atoms with van der Waals surface area (Å²) in [6, 6.07) is 6.90. The van der Waals surface area contributed by atoms with Crippen LogP contribution < -0.4 is 10.6 Å². The molecule has 0 atom stereocenters. The fourth-order valence-electron chi connectivity index (χ4n) is 1.52. The molecule has 1 aromatic carbocycles. The van der Waals surface area contributed by atoms with Crippen molar-refractivity contribution >= 4 is 23.3 Å². The smallest absolute Gasteiger partial charge is 0.354 e. The molecule has 0 heterocycles. The average molecular weight is 289 g/mol. The lowest BCUT2D eigenvalue weighted by molar-refractivity contribution is -0.138. The summed E-state index contributed by atoms with van der Waals surface area (Å²) in [7, 11) is 4.09. The Morgan fingerprint density at radius 2 is 2.00 bits per heavy atom. The number of carbonyl (C=O) groups excluding carboxylic acids is 2. The third-order valence-corrected chi connectivity index (χ3v) is 2.56. The summed E-state index contributed by atoms with van der Waals surface area (Å²) < 4.78 is 9.05. The Labute approximate surface area is 122 Å². The van der Waals surface area contributed by atoms with Crippen molar-refractivity contribution in [1.82, 2.24) is 0 Å². The van der Waals surface area contributed by atoms with Crippen molar-refractivity contribution in [2.24, 2.45) is 0 Å². The van der Waals surface area contributed by atoms with Crippen molar-refractivity contribution in [3.8, 4) is 6.07 Å². The highest BCUT2D eigenvalue weighted by molar-refractivity contribution is 5.98. The van der Waals surface area contributed by atoms with Crippen molar-refractivity contribution in [1.29, 1.82) is 5.26 Å². The predicted octanol–water partition coefficient (Wildman–Crippen LogP) is 1.24. The SMILES string of the molecule is CNc1ccc(N/C(=C/C(=O)OC)C(=O)OC)cc1C#N. The topological polar surface area (TPSA) is 100 Å². The zero-order valence-electron chi connectivity index (χ0n) is 11.9. The maximum absolute atomic E-state index is 11.6. The number of esters is 2. The molecule has 0 aromatic heterocycles. The highest BCUT2D eigenvalue weighted by Crippen LogP contribution is 2.20. The van der Waals surface area contributed by atoms with Gasteiger partial charge in [0.05, 0.1) is 31.5 Å². The summed E-state index contributed by atoms with van der Waals surface area (Å²) in [4.78, 5) is 22.9. The van der Waals surface area contributed by atoms with E-state index in [0.717, 1.165) is 6.08 Å². The van der Waals surface area contributed by atoms with E-state index < -0.39 is 11.9 Å². The normalized spacial score (nSPS) is 10.3. The maximum atomic E-state index is 11.6. The van der Waals surface area contributed by atoms with E-state index in [1.54, 1.807) is 25.2 Å². The summed E-state index contributed by atoms with van der Waals surface area (Å²) in [6.45, 7) is 0. The van der Waals surface area contributed by atoms with Gasteiger partial charge in [-0.15, -0.1) is 0 Å². The van der Waals surface area contributed by atoms with Gasteiger partial charge in [-0.2, -0.15) is 5.26 Å². The van der Waals surface area contributed by atoms with Crippen LogP contribution >= 0.6 is 0 Å². The van der Waals surface area contributed by atoms with Gasteiger partial charge in [0.25, 0.3) is 0 Å². The summed E-state index contributed by atoms with van der Waals surface area (Å²) in [5.41, 5.74) is 1.42. The lowest BCUT2D eigenvalue weighted by atomic mass is 10.1. The molecular formula is C14H15N3O4. The molecular weight excluding hydrogens is 274 g/mol. The van der Waals surface area contributed by atoms with E-state index in [4.69, 9.17) is 5.26 Å². The third-order valence-electron chi connectivity index (χ3n) is 2.56. The number of hydrogen-bond acceptors (Lipinski definition) is 7. The fraction of sp³-hybridized carbons (Fsp3) is 0.214. The molecule has 0 saturated heterocycles. The van der Waals surface area contributed by atoms with E-state index >= 15 is 0 Å².